The van der Waals surface area contributed by atoms with E-state index in [1.165, 1.54) is 24.0 Å². The van der Waals surface area contributed by atoms with Gasteiger partial charge in [-0.3, -0.25) is 4.68 Å². The van der Waals surface area contributed by atoms with E-state index in [0.29, 0.717) is 12.1 Å². The average Bonchev–Trinajstić information content (AvgIpc) is 2.99. The molecule has 0 fully saturated rings. The van der Waals surface area contributed by atoms with E-state index in [0.717, 1.165) is 18.7 Å². The van der Waals surface area contributed by atoms with Crippen LogP contribution in [0.25, 0.3) is 0 Å². The Bertz CT molecular complexity index is 580. The number of methoxy groups -OCH3 is 1. The minimum atomic E-state index is 0.392. The summed E-state index contributed by atoms with van der Waals surface area (Å²) >= 11 is 0. The molecule has 1 heterocycles. The number of hydrogen-bond acceptors (Lipinski definition) is 3. The van der Waals surface area contributed by atoms with Gasteiger partial charge in [0.2, 0.25) is 0 Å². The molecule has 0 amide bonds. The second-order valence-electron chi connectivity index (χ2n) is 5.81. The topological polar surface area (TPSA) is 39.1 Å². The van der Waals surface area contributed by atoms with Gasteiger partial charge in [0.1, 0.15) is 5.75 Å². The van der Waals surface area contributed by atoms with Crippen LogP contribution in [0.3, 0.4) is 0 Å². The van der Waals surface area contributed by atoms with E-state index in [-0.39, 0.29) is 0 Å². The second kappa shape index (κ2) is 6.31. The number of rotatable bonds is 5. The Morgan fingerprint density at radius 1 is 1.48 bits per heavy atom. The van der Waals surface area contributed by atoms with Crippen LogP contribution in [0.4, 0.5) is 0 Å². The van der Waals surface area contributed by atoms with Gasteiger partial charge in [0.05, 0.1) is 13.7 Å². The Kier molecular flexibility index (Phi) is 4.25. The highest BCUT2D eigenvalue weighted by molar-refractivity contribution is 5.39. The summed E-state index contributed by atoms with van der Waals surface area (Å²) in [6.07, 6.45) is 7.42. The minimum Gasteiger partial charge on any atom is -0.497 e. The maximum Gasteiger partial charge on any atom is 0.119 e. The molecule has 1 aromatic heterocycles. The van der Waals surface area contributed by atoms with Crippen molar-refractivity contribution in [2.24, 2.45) is 0 Å². The number of benzene rings is 1. The summed E-state index contributed by atoms with van der Waals surface area (Å²) in [7, 11) is 1.73. The van der Waals surface area contributed by atoms with Crippen molar-refractivity contribution in [3.63, 3.8) is 0 Å². The van der Waals surface area contributed by atoms with E-state index < -0.39 is 0 Å². The summed E-state index contributed by atoms with van der Waals surface area (Å²) in [4.78, 5) is 0. The molecule has 2 atom stereocenters. The number of aromatic nitrogens is 2. The van der Waals surface area contributed by atoms with Gasteiger partial charge in [-0.2, -0.15) is 5.10 Å². The molecule has 1 aliphatic carbocycles. The number of nitrogens with one attached hydrogen (secondary N) is 1. The molecule has 0 spiro atoms. The van der Waals surface area contributed by atoms with Crippen molar-refractivity contribution in [3.05, 3.63) is 47.8 Å². The van der Waals surface area contributed by atoms with Crippen LogP contribution in [0.5, 0.6) is 5.75 Å². The van der Waals surface area contributed by atoms with E-state index in [4.69, 9.17) is 4.74 Å². The Balaban J connectivity index is 1.70. The Labute approximate surface area is 126 Å². The molecule has 1 N–H and O–H groups in total. The van der Waals surface area contributed by atoms with Gasteiger partial charge in [-0.25, -0.2) is 0 Å². The third kappa shape index (κ3) is 3.27. The minimum absolute atomic E-state index is 0.392. The first-order valence-corrected chi connectivity index (χ1v) is 7.66. The maximum absolute atomic E-state index is 5.33. The molecule has 1 aliphatic rings. The molecule has 2 aromatic rings. The van der Waals surface area contributed by atoms with Gasteiger partial charge in [0.25, 0.3) is 0 Å². The molecule has 0 saturated carbocycles. The summed E-state index contributed by atoms with van der Waals surface area (Å²) in [5.41, 5.74) is 2.85. The molecule has 1 aromatic carbocycles. The highest BCUT2D eigenvalue weighted by Crippen LogP contribution is 2.32. The van der Waals surface area contributed by atoms with Crippen LogP contribution in [0.2, 0.25) is 0 Å². The van der Waals surface area contributed by atoms with Crippen LogP contribution in [0.15, 0.2) is 36.7 Å². The molecule has 4 heteroatoms. The molecule has 4 nitrogen and oxygen atoms in total. The first-order chi connectivity index (χ1) is 10.3. The fraction of sp³-hybridized carbons (Fsp3) is 0.471. The van der Waals surface area contributed by atoms with Crippen LogP contribution in [0.1, 0.15) is 36.9 Å². The van der Waals surface area contributed by atoms with Gasteiger partial charge >= 0.3 is 0 Å². The van der Waals surface area contributed by atoms with Crippen molar-refractivity contribution in [1.29, 1.82) is 0 Å². The average molecular weight is 285 g/mol. The first kappa shape index (κ1) is 14.1. The normalized spacial score (nSPS) is 19.0. The lowest BCUT2D eigenvalue weighted by molar-refractivity contribution is 0.368. The molecule has 112 valence electrons. The summed E-state index contributed by atoms with van der Waals surface area (Å²) in [5, 5.41) is 8.03. The highest BCUT2D eigenvalue weighted by Gasteiger charge is 2.22. The van der Waals surface area contributed by atoms with Crippen molar-refractivity contribution >= 4 is 0 Å². The quantitative estimate of drug-likeness (QED) is 0.918. The summed E-state index contributed by atoms with van der Waals surface area (Å²) in [6, 6.07) is 9.26. The predicted octanol–water partition coefficient (Wildman–Crippen LogP) is 2.95. The van der Waals surface area contributed by atoms with Gasteiger partial charge < -0.3 is 10.1 Å². The predicted molar refractivity (Wildman–Crippen MR) is 83.5 cm³/mol. The van der Waals surface area contributed by atoms with Crippen molar-refractivity contribution in [2.45, 2.75) is 44.8 Å². The van der Waals surface area contributed by atoms with E-state index >= 15 is 0 Å². The zero-order chi connectivity index (χ0) is 14.7. The summed E-state index contributed by atoms with van der Waals surface area (Å²) in [6.45, 7) is 3.12. The van der Waals surface area contributed by atoms with Crippen LogP contribution in [-0.4, -0.2) is 22.9 Å². The third-order valence-electron chi connectivity index (χ3n) is 4.17. The lowest BCUT2D eigenvalue weighted by atomic mass is 9.87. The van der Waals surface area contributed by atoms with Crippen LogP contribution < -0.4 is 10.1 Å². The standard InChI is InChI=1S/C17H23N3O/c1-13(12-20-10-4-9-18-20)19-17-6-3-5-14-11-15(21-2)7-8-16(14)17/h4,7-11,13,17,19H,3,5-6,12H2,1-2H3. The van der Waals surface area contributed by atoms with Crippen molar-refractivity contribution in [2.75, 3.05) is 7.11 Å². The zero-order valence-electron chi connectivity index (χ0n) is 12.7. The molecular weight excluding hydrogens is 262 g/mol. The molecule has 3 rings (SSSR count). The van der Waals surface area contributed by atoms with Crippen molar-refractivity contribution < 1.29 is 4.74 Å². The lowest BCUT2D eigenvalue weighted by Gasteiger charge is -2.29. The third-order valence-corrected chi connectivity index (χ3v) is 4.17. The Morgan fingerprint density at radius 2 is 2.38 bits per heavy atom. The number of hydrogen-bond donors (Lipinski definition) is 1. The maximum atomic E-state index is 5.33. The van der Waals surface area contributed by atoms with Crippen LogP contribution >= 0.6 is 0 Å². The lowest BCUT2D eigenvalue weighted by Crippen LogP contribution is -2.35. The van der Waals surface area contributed by atoms with E-state index in [2.05, 4.69) is 35.5 Å². The number of aryl methyl sites for hydroxylation is 1. The first-order valence-electron chi connectivity index (χ1n) is 7.66. The molecular formula is C17H23N3O. The van der Waals surface area contributed by atoms with Gasteiger partial charge in [-0.1, -0.05) is 6.07 Å². The molecule has 0 saturated heterocycles. The molecule has 0 aliphatic heterocycles. The van der Waals surface area contributed by atoms with Gasteiger partial charge in [0, 0.05) is 24.5 Å². The van der Waals surface area contributed by atoms with Gasteiger partial charge in [-0.15, -0.1) is 0 Å². The van der Waals surface area contributed by atoms with Gasteiger partial charge in [-0.05, 0) is 55.5 Å². The number of fused-ring (bicyclic) bond motifs is 1. The summed E-state index contributed by atoms with van der Waals surface area (Å²) < 4.78 is 7.32. The van der Waals surface area contributed by atoms with Crippen LogP contribution in [-0.2, 0) is 13.0 Å². The molecule has 21 heavy (non-hydrogen) atoms. The Hall–Kier alpha value is -1.81. The van der Waals surface area contributed by atoms with Crippen molar-refractivity contribution in [3.8, 4) is 5.75 Å². The Morgan fingerprint density at radius 3 is 3.14 bits per heavy atom. The van der Waals surface area contributed by atoms with Gasteiger partial charge in [0.15, 0.2) is 0 Å². The number of ether oxygens (including phenoxy) is 1. The summed E-state index contributed by atoms with van der Waals surface area (Å²) in [5.74, 6) is 0.957. The zero-order valence-corrected chi connectivity index (χ0v) is 12.7. The largest absolute Gasteiger partial charge is 0.497 e. The van der Waals surface area contributed by atoms with E-state index in [9.17, 15) is 0 Å². The van der Waals surface area contributed by atoms with Crippen LogP contribution in [0, 0.1) is 0 Å². The highest BCUT2D eigenvalue weighted by atomic mass is 16.5. The van der Waals surface area contributed by atoms with E-state index in [1.807, 2.05) is 23.1 Å². The fourth-order valence-electron chi connectivity index (χ4n) is 3.18. The molecule has 0 radical (unpaired) electrons. The molecule has 0 bridgehead atoms. The number of nitrogens with zero attached hydrogens (tertiary/aromatic N) is 2. The van der Waals surface area contributed by atoms with Crippen molar-refractivity contribution in [1.82, 2.24) is 15.1 Å². The second-order valence-corrected chi connectivity index (χ2v) is 5.81. The molecule has 2 unspecified atom stereocenters. The monoisotopic (exact) mass is 285 g/mol. The fourth-order valence-corrected chi connectivity index (χ4v) is 3.18. The van der Waals surface area contributed by atoms with E-state index in [1.54, 1.807) is 7.11 Å². The smallest absolute Gasteiger partial charge is 0.119 e. The SMILES string of the molecule is COc1ccc2c(c1)CCCC2NC(C)Cn1cccn1.